The Morgan fingerprint density at radius 3 is 3.13 bits per heavy atom. The Morgan fingerprint density at radius 1 is 1.60 bits per heavy atom. The third-order valence-corrected chi connectivity index (χ3v) is 2.90. The first kappa shape index (κ1) is 12.0. The highest BCUT2D eigenvalue weighted by molar-refractivity contribution is 7.09. The molecular formula is C11H17NO2S. The van der Waals surface area contributed by atoms with Crippen LogP contribution in [0.5, 0.6) is 0 Å². The van der Waals surface area contributed by atoms with Crippen LogP contribution in [0.1, 0.15) is 24.6 Å². The minimum absolute atomic E-state index is 0.306. The van der Waals surface area contributed by atoms with Gasteiger partial charge in [0.1, 0.15) is 0 Å². The molecule has 4 heteroatoms. The predicted octanol–water partition coefficient (Wildman–Crippen LogP) is 2.82. The molecule has 0 radical (unpaired) electrons. The van der Waals surface area contributed by atoms with Gasteiger partial charge in [-0.2, -0.15) is 0 Å². The zero-order valence-corrected chi connectivity index (χ0v) is 9.81. The fourth-order valence-corrected chi connectivity index (χ4v) is 1.81. The number of thiophene rings is 1. The molecule has 0 fully saturated rings. The minimum Gasteiger partial charge on any atom is -0.449 e. The van der Waals surface area contributed by atoms with E-state index in [4.69, 9.17) is 4.74 Å². The topological polar surface area (TPSA) is 38.3 Å². The summed E-state index contributed by atoms with van der Waals surface area (Å²) < 4.78 is 5.02. The molecule has 0 aromatic carbocycles. The van der Waals surface area contributed by atoms with Crippen molar-refractivity contribution in [2.45, 2.75) is 26.2 Å². The van der Waals surface area contributed by atoms with Crippen molar-refractivity contribution < 1.29 is 9.53 Å². The highest BCUT2D eigenvalue weighted by Gasteiger charge is 2.00. The van der Waals surface area contributed by atoms with Gasteiger partial charge >= 0.3 is 6.09 Å². The molecule has 0 aliphatic carbocycles. The Balaban J connectivity index is 2.02. The van der Waals surface area contributed by atoms with Crippen LogP contribution in [0, 0.1) is 0 Å². The molecule has 1 aromatic rings. The van der Waals surface area contributed by atoms with E-state index in [9.17, 15) is 4.79 Å². The summed E-state index contributed by atoms with van der Waals surface area (Å²) >= 11 is 1.68. The molecule has 1 aromatic heterocycles. The van der Waals surface area contributed by atoms with E-state index in [1.165, 1.54) is 4.88 Å². The summed E-state index contributed by atoms with van der Waals surface area (Å²) in [6, 6.07) is 4.05. The number of hydrogen-bond acceptors (Lipinski definition) is 3. The molecule has 1 N–H and O–H groups in total. The number of unbranched alkanes of at least 4 members (excludes halogenated alkanes) is 1. The fourth-order valence-electron chi connectivity index (χ4n) is 1.12. The third kappa shape index (κ3) is 5.42. The molecule has 84 valence electrons. The summed E-state index contributed by atoms with van der Waals surface area (Å²) in [5, 5.41) is 4.73. The smallest absolute Gasteiger partial charge is 0.407 e. The van der Waals surface area contributed by atoms with Gasteiger partial charge in [0, 0.05) is 17.8 Å². The van der Waals surface area contributed by atoms with Crippen LogP contribution in [-0.4, -0.2) is 19.2 Å². The van der Waals surface area contributed by atoms with Crippen molar-refractivity contribution in [1.29, 1.82) is 0 Å². The van der Waals surface area contributed by atoms with Gasteiger partial charge < -0.3 is 10.1 Å². The quantitative estimate of drug-likeness (QED) is 0.759. The van der Waals surface area contributed by atoms with Crippen LogP contribution >= 0.6 is 11.3 Å². The van der Waals surface area contributed by atoms with Crippen molar-refractivity contribution in [1.82, 2.24) is 5.32 Å². The number of hydrogen-bond donors (Lipinski definition) is 1. The average molecular weight is 227 g/mol. The highest BCUT2D eigenvalue weighted by atomic mass is 32.1. The molecule has 0 spiro atoms. The molecule has 3 nitrogen and oxygen atoms in total. The normalized spacial score (nSPS) is 9.93. The average Bonchev–Trinajstić information content (AvgIpc) is 2.71. The van der Waals surface area contributed by atoms with Crippen molar-refractivity contribution in [3.8, 4) is 0 Å². The van der Waals surface area contributed by atoms with Crippen LogP contribution in [0.15, 0.2) is 17.5 Å². The summed E-state index contributed by atoms with van der Waals surface area (Å²) in [7, 11) is 0. The van der Waals surface area contributed by atoms with Gasteiger partial charge in [-0.3, -0.25) is 0 Å². The lowest BCUT2D eigenvalue weighted by Gasteiger charge is -2.05. The van der Waals surface area contributed by atoms with E-state index in [1.807, 2.05) is 17.5 Å². The van der Waals surface area contributed by atoms with Crippen molar-refractivity contribution >= 4 is 17.4 Å². The van der Waals surface area contributed by atoms with Gasteiger partial charge in [-0.25, -0.2) is 4.79 Å². The monoisotopic (exact) mass is 227 g/mol. The van der Waals surface area contributed by atoms with Crippen LogP contribution in [0.2, 0.25) is 0 Å². The van der Waals surface area contributed by atoms with E-state index in [0.717, 1.165) is 19.3 Å². The number of amides is 1. The number of ether oxygens (including phenoxy) is 1. The maximum atomic E-state index is 11.1. The van der Waals surface area contributed by atoms with Crippen LogP contribution in [0.3, 0.4) is 0 Å². The number of alkyl carbamates (subject to hydrolysis) is 1. The SMILES string of the molecule is CCCCNC(=O)OCCc1cccs1. The number of carbonyl (C=O) groups excluding carboxylic acids is 1. The molecule has 0 aliphatic heterocycles. The van der Waals surface area contributed by atoms with Gasteiger partial charge in [-0.15, -0.1) is 11.3 Å². The molecule has 1 amide bonds. The lowest BCUT2D eigenvalue weighted by atomic mass is 10.3. The van der Waals surface area contributed by atoms with E-state index in [1.54, 1.807) is 11.3 Å². The van der Waals surface area contributed by atoms with E-state index in [-0.39, 0.29) is 6.09 Å². The standard InChI is InChI=1S/C11H17NO2S/c1-2-3-7-12-11(13)14-8-6-10-5-4-9-15-10/h4-5,9H,2-3,6-8H2,1H3,(H,12,13). The Labute approximate surface area is 94.5 Å². The Hall–Kier alpha value is -1.03. The maximum Gasteiger partial charge on any atom is 0.407 e. The maximum absolute atomic E-state index is 11.1. The van der Waals surface area contributed by atoms with Crippen LogP contribution < -0.4 is 5.32 Å². The summed E-state index contributed by atoms with van der Waals surface area (Å²) in [5.41, 5.74) is 0. The van der Waals surface area contributed by atoms with Crippen LogP contribution in [0.4, 0.5) is 4.79 Å². The lowest BCUT2D eigenvalue weighted by molar-refractivity contribution is 0.147. The molecule has 0 atom stereocenters. The molecule has 0 aliphatic rings. The van der Waals surface area contributed by atoms with E-state index < -0.39 is 0 Å². The largest absolute Gasteiger partial charge is 0.449 e. The van der Waals surface area contributed by atoms with E-state index in [2.05, 4.69) is 12.2 Å². The van der Waals surface area contributed by atoms with Crippen molar-refractivity contribution in [2.24, 2.45) is 0 Å². The van der Waals surface area contributed by atoms with Crippen molar-refractivity contribution in [3.63, 3.8) is 0 Å². The molecule has 0 saturated heterocycles. The molecule has 1 heterocycles. The minimum atomic E-state index is -0.306. The molecule has 15 heavy (non-hydrogen) atoms. The number of rotatable bonds is 6. The number of carbonyl (C=O) groups is 1. The zero-order valence-electron chi connectivity index (χ0n) is 8.99. The number of nitrogens with one attached hydrogen (secondary N) is 1. The van der Waals surface area contributed by atoms with Gasteiger partial charge in [0.15, 0.2) is 0 Å². The molecule has 0 unspecified atom stereocenters. The predicted molar refractivity (Wildman–Crippen MR) is 62.3 cm³/mol. The highest BCUT2D eigenvalue weighted by Crippen LogP contribution is 2.08. The lowest BCUT2D eigenvalue weighted by Crippen LogP contribution is -2.25. The Kier molecular flexibility index (Phi) is 5.85. The van der Waals surface area contributed by atoms with E-state index in [0.29, 0.717) is 13.2 Å². The molecular weight excluding hydrogens is 210 g/mol. The van der Waals surface area contributed by atoms with Gasteiger partial charge in [-0.05, 0) is 17.9 Å². The summed E-state index contributed by atoms with van der Waals surface area (Å²) in [6.07, 6.45) is 2.58. The summed E-state index contributed by atoms with van der Waals surface area (Å²) in [6.45, 7) is 3.25. The first-order valence-corrected chi connectivity index (χ1v) is 6.14. The van der Waals surface area contributed by atoms with E-state index >= 15 is 0 Å². The molecule has 1 rings (SSSR count). The zero-order chi connectivity index (χ0) is 10.9. The van der Waals surface area contributed by atoms with Crippen LogP contribution in [-0.2, 0) is 11.2 Å². The van der Waals surface area contributed by atoms with Crippen LogP contribution in [0.25, 0.3) is 0 Å². The second-order valence-corrected chi connectivity index (χ2v) is 4.28. The second kappa shape index (κ2) is 7.29. The van der Waals surface area contributed by atoms with Crippen molar-refractivity contribution in [2.75, 3.05) is 13.2 Å². The van der Waals surface area contributed by atoms with Gasteiger partial charge in [0.2, 0.25) is 0 Å². The summed E-state index contributed by atoms with van der Waals surface area (Å²) in [4.78, 5) is 12.4. The Bertz CT molecular complexity index is 272. The molecule has 0 saturated carbocycles. The fraction of sp³-hybridized carbons (Fsp3) is 0.545. The first-order valence-electron chi connectivity index (χ1n) is 5.26. The van der Waals surface area contributed by atoms with Gasteiger partial charge in [0.05, 0.1) is 6.61 Å². The third-order valence-electron chi connectivity index (χ3n) is 1.96. The van der Waals surface area contributed by atoms with Gasteiger partial charge in [0.25, 0.3) is 0 Å². The summed E-state index contributed by atoms with van der Waals surface area (Å²) in [5.74, 6) is 0. The Morgan fingerprint density at radius 2 is 2.47 bits per heavy atom. The second-order valence-electron chi connectivity index (χ2n) is 3.25. The first-order chi connectivity index (χ1) is 7.33. The van der Waals surface area contributed by atoms with Gasteiger partial charge in [-0.1, -0.05) is 19.4 Å². The molecule has 0 bridgehead atoms. The van der Waals surface area contributed by atoms with Crippen molar-refractivity contribution in [3.05, 3.63) is 22.4 Å².